The van der Waals surface area contributed by atoms with E-state index in [1.165, 1.54) is 41.1 Å². The molecule has 3 aromatic rings. The van der Waals surface area contributed by atoms with Gasteiger partial charge >= 0.3 is 0 Å². The van der Waals surface area contributed by atoms with Crippen molar-refractivity contribution in [1.82, 2.24) is 15.4 Å². The highest BCUT2D eigenvalue weighted by Gasteiger charge is 2.21. The molecule has 0 fully saturated rings. The Bertz CT molecular complexity index is 998. The maximum Gasteiger partial charge on any atom is 0.262 e. The van der Waals surface area contributed by atoms with E-state index >= 15 is 0 Å². The standard InChI is InChI=1S/C20H20N4OS2/c1-26-20-21-18(17-14-9-5-6-10-15(14)27-19(17)22-20)24-23-16(25)12-11-13-7-3-2-4-8-13/h2-4,7-8,11-12H,5-6,9-10H2,1H3,(H,23,25)(H,21,22,24). The number of nitrogens with one attached hydrogen (secondary N) is 2. The Kier molecular flexibility index (Phi) is 5.40. The van der Waals surface area contributed by atoms with Crippen LogP contribution < -0.4 is 10.9 Å². The molecule has 2 N–H and O–H groups in total. The molecule has 27 heavy (non-hydrogen) atoms. The number of benzene rings is 1. The molecule has 0 aliphatic heterocycles. The minimum Gasteiger partial charge on any atom is -0.281 e. The molecule has 138 valence electrons. The lowest BCUT2D eigenvalue weighted by Crippen LogP contribution is -2.28. The summed E-state index contributed by atoms with van der Waals surface area (Å²) in [5.74, 6) is 0.464. The van der Waals surface area contributed by atoms with Crippen LogP contribution in [0.2, 0.25) is 0 Å². The summed E-state index contributed by atoms with van der Waals surface area (Å²) in [4.78, 5) is 23.9. The number of thiophene rings is 1. The summed E-state index contributed by atoms with van der Waals surface area (Å²) in [5, 5.41) is 1.76. The molecule has 0 spiro atoms. The fourth-order valence-electron chi connectivity index (χ4n) is 3.22. The number of carbonyl (C=O) groups is 1. The zero-order valence-electron chi connectivity index (χ0n) is 15.0. The van der Waals surface area contributed by atoms with Gasteiger partial charge in [0.25, 0.3) is 5.91 Å². The number of hydrazine groups is 1. The molecule has 0 atom stereocenters. The number of aryl methyl sites for hydroxylation is 2. The number of hydrogen-bond donors (Lipinski definition) is 2. The van der Waals surface area contributed by atoms with Crippen molar-refractivity contribution in [2.45, 2.75) is 30.8 Å². The maximum absolute atomic E-state index is 12.2. The number of fused-ring (bicyclic) bond motifs is 3. The average molecular weight is 397 g/mol. The van der Waals surface area contributed by atoms with Gasteiger partial charge in [-0.15, -0.1) is 11.3 Å². The summed E-state index contributed by atoms with van der Waals surface area (Å²) < 4.78 is 0. The van der Waals surface area contributed by atoms with E-state index in [0.717, 1.165) is 28.6 Å². The second-order valence-electron chi connectivity index (χ2n) is 6.31. The lowest BCUT2D eigenvalue weighted by atomic mass is 9.97. The third kappa shape index (κ3) is 3.99. The van der Waals surface area contributed by atoms with E-state index in [4.69, 9.17) is 0 Å². The van der Waals surface area contributed by atoms with Crippen molar-refractivity contribution < 1.29 is 4.79 Å². The van der Waals surface area contributed by atoms with Crippen molar-refractivity contribution in [1.29, 1.82) is 0 Å². The van der Waals surface area contributed by atoms with Crippen molar-refractivity contribution in [3.63, 3.8) is 0 Å². The molecule has 0 radical (unpaired) electrons. The summed E-state index contributed by atoms with van der Waals surface area (Å²) in [7, 11) is 0. The number of nitrogens with zero attached hydrogens (tertiary/aromatic N) is 2. The number of aromatic nitrogens is 2. The quantitative estimate of drug-likeness (QED) is 0.289. The lowest BCUT2D eigenvalue weighted by molar-refractivity contribution is -0.116. The Hall–Kier alpha value is -2.38. The molecule has 1 aliphatic carbocycles. The maximum atomic E-state index is 12.2. The van der Waals surface area contributed by atoms with Gasteiger partial charge in [-0.25, -0.2) is 9.97 Å². The predicted molar refractivity (Wildman–Crippen MR) is 113 cm³/mol. The van der Waals surface area contributed by atoms with Gasteiger partial charge < -0.3 is 0 Å². The Morgan fingerprint density at radius 1 is 1.19 bits per heavy atom. The van der Waals surface area contributed by atoms with Gasteiger partial charge in [0.05, 0.1) is 5.39 Å². The van der Waals surface area contributed by atoms with E-state index in [0.29, 0.717) is 11.0 Å². The van der Waals surface area contributed by atoms with Crippen LogP contribution in [0.4, 0.5) is 5.82 Å². The number of thioether (sulfide) groups is 1. The number of anilines is 1. The topological polar surface area (TPSA) is 66.9 Å². The van der Waals surface area contributed by atoms with Crippen LogP contribution in [0.25, 0.3) is 16.3 Å². The zero-order chi connectivity index (χ0) is 18.6. The summed E-state index contributed by atoms with van der Waals surface area (Å²) in [6.07, 6.45) is 9.83. The third-order valence-electron chi connectivity index (χ3n) is 4.51. The van der Waals surface area contributed by atoms with Gasteiger partial charge in [-0.1, -0.05) is 42.1 Å². The Labute approximate surface area is 166 Å². The van der Waals surface area contributed by atoms with Gasteiger partial charge in [-0.2, -0.15) is 0 Å². The smallest absolute Gasteiger partial charge is 0.262 e. The van der Waals surface area contributed by atoms with Crippen molar-refractivity contribution in [2.24, 2.45) is 0 Å². The number of carbonyl (C=O) groups excluding carboxylic acids is 1. The first kappa shape index (κ1) is 18.0. The average Bonchev–Trinajstić information content (AvgIpc) is 3.09. The predicted octanol–water partition coefficient (Wildman–Crippen LogP) is 4.45. The van der Waals surface area contributed by atoms with Crippen LogP contribution in [-0.2, 0) is 17.6 Å². The Morgan fingerprint density at radius 2 is 2.00 bits per heavy atom. The molecule has 2 aromatic heterocycles. The molecular weight excluding hydrogens is 376 g/mol. The van der Waals surface area contributed by atoms with Gasteiger partial charge in [-0.3, -0.25) is 15.6 Å². The van der Waals surface area contributed by atoms with Crippen molar-refractivity contribution in [2.75, 3.05) is 11.7 Å². The summed E-state index contributed by atoms with van der Waals surface area (Å²) in [5.41, 5.74) is 8.08. The van der Waals surface area contributed by atoms with Crippen LogP contribution in [0, 0.1) is 0 Å². The van der Waals surface area contributed by atoms with Gasteiger partial charge in [0.15, 0.2) is 11.0 Å². The molecule has 5 nitrogen and oxygen atoms in total. The molecule has 4 rings (SSSR count). The Balaban J connectivity index is 1.56. The molecule has 7 heteroatoms. The highest BCUT2D eigenvalue weighted by Crippen LogP contribution is 2.39. The van der Waals surface area contributed by atoms with Gasteiger partial charge in [-0.05, 0) is 49.1 Å². The summed E-state index contributed by atoms with van der Waals surface area (Å²) in [6, 6.07) is 9.74. The monoisotopic (exact) mass is 396 g/mol. The fraction of sp³-hybridized carbons (Fsp3) is 0.250. The molecule has 0 unspecified atom stereocenters. The Morgan fingerprint density at radius 3 is 2.81 bits per heavy atom. The largest absolute Gasteiger partial charge is 0.281 e. The van der Waals surface area contributed by atoms with Crippen LogP contribution >= 0.6 is 23.1 Å². The van der Waals surface area contributed by atoms with E-state index in [2.05, 4.69) is 20.8 Å². The zero-order valence-corrected chi connectivity index (χ0v) is 16.6. The van der Waals surface area contributed by atoms with Crippen molar-refractivity contribution in [3.8, 4) is 0 Å². The number of rotatable bonds is 5. The van der Waals surface area contributed by atoms with Crippen LogP contribution in [0.1, 0.15) is 28.8 Å². The molecule has 0 saturated carbocycles. The normalized spacial score (nSPS) is 13.7. The molecular formula is C20H20N4OS2. The number of amides is 1. The molecule has 1 aliphatic rings. The van der Waals surface area contributed by atoms with Crippen LogP contribution in [0.3, 0.4) is 0 Å². The SMILES string of the molecule is CSc1nc(NNC(=O)C=Cc2ccccc2)c2c3c(sc2n1)CCCC3. The second kappa shape index (κ2) is 8.10. The molecule has 1 aromatic carbocycles. The molecule has 2 heterocycles. The molecule has 1 amide bonds. The van der Waals surface area contributed by atoms with Crippen molar-refractivity contribution in [3.05, 3.63) is 52.4 Å². The van der Waals surface area contributed by atoms with Gasteiger partial charge in [0.2, 0.25) is 0 Å². The highest BCUT2D eigenvalue weighted by molar-refractivity contribution is 7.98. The highest BCUT2D eigenvalue weighted by atomic mass is 32.2. The molecule has 0 bridgehead atoms. The van der Waals surface area contributed by atoms with E-state index in [9.17, 15) is 4.79 Å². The number of hydrogen-bond acceptors (Lipinski definition) is 6. The van der Waals surface area contributed by atoms with E-state index in [1.54, 1.807) is 17.4 Å². The minimum absolute atomic E-state index is 0.222. The van der Waals surface area contributed by atoms with Crippen LogP contribution in [0.15, 0.2) is 41.6 Å². The third-order valence-corrected chi connectivity index (χ3v) is 6.24. The minimum atomic E-state index is -0.222. The second-order valence-corrected chi connectivity index (χ2v) is 8.17. The van der Waals surface area contributed by atoms with Crippen molar-refractivity contribution >= 4 is 51.1 Å². The van der Waals surface area contributed by atoms with E-state index in [1.807, 2.05) is 36.6 Å². The lowest BCUT2D eigenvalue weighted by Gasteiger charge is -2.13. The van der Waals surface area contributed by atoms with Gasteiger partial charge in [0.1, 0.15) is 4.83 Å². The van der Waals surface area contributed by atoms with E-state index in [-0.39, 0.29) is 5.91 Å². The first-order valence-corrected chi connectivity index (χ1v) is 10.9. The first-order valence-electron chi connectivity index (χ1n) is 8.90. The summed E-state index contributed by atoms with van der Waals surface area (Å²) >= 11 is 3.26. The first-order chi connectivity index (χ1) is 13.2. The van der Waals surface area contributed by atoms with Crippen LogP contribution in [-0.4, -0.2) is 22.1 Å². The molecule has 0 saturated heterocycles. The fourth-order valence-corrected chi connectivity index (χ4v) is 4.90. The van der Waals surface area contributed by atoms with Gasteiger partial charge in [0, 0.05) is 11.0 Å². The summed E-state index contributed by atoms with van der Waals surface area (Å²) in [6.45, 7) is 0. The van der Waals surface area contributed by atoms with E-state index < -0.39 is 0 Å². The van der Waals surface area contributed by atoms with Crippen LogP contribution in [0.5, 0.6) is 0 Å².